The molecule has 0 aromatic heterocycles. The van der Waals surface area contributed by atoms with Gasteiger partial charge in [0.2, 0.25) is 0 Å². The van der Waals surface area contributed by atoms with Crippen LogP contribution < -0.4 is 0 Å². The normalized spacial score (nSPS) is 13.6. The minimum Gasteiger partial charge on any atom is -0.331 e. The van der Waals surface area contributed by atoms with Crippen molar-refractivity contribution in [1.29, 1.82) is 0 Å². The van der Waals surface area contributed by atoms with Gasteiger partial charge in [-0.05, 0) is 32.2 Å². The zero-order chi connectivity index (χ0) is 16.0. The fourth-order valence-electron chi connectivity index (χ4n) is 2.81. The Morgan fingerprint density at radius 3 is 1.86 bits per heavy atom. The molecule has 5 heteroatoms. The van der Waals surface area contributed by atoms with Gasteiger partial charge in [0.25, 0.3) is 5.97 Å². The van der Waals surface area contributed by atoms with Crippen molar-refractivity contribution in [3.8, 4) is 0 Å². The van der Waals surface area contributed by atoms with E-state index in [4.69, 9.17) is 18.4 Å². The van der Waals surface area contributed by atoms with Gasteiger partial charge in [-0.1, -0.05) is 45.4 Å². The molecule has 0 radical (unpaired) electrons. The van der Waals surface area contributed by atoms with Crippen LogP contribution in [0.1, 0.15) is 64.7 Å². The maximum atomic E-state index is 5.52. The zero-order valence-corrected chi connectivity index (χ0v) is 15.1. The van der Waals surface area contributed by atoms with E-state index in [1.807, 2.05) is 0 Å². The molecule has 0 rings (SSSR count). The van der Waals surface area contributed by atoms with E-state index in [-0.39, 0.29) is 5.92 Å². The molecule has 4 nitrogen and oxygen atoms in total. The topological polar surface area (TPSA) is 36.9 Å². The minimum absolute atomic E-state index is 0.201. The van der Waals surface area contributed by atoms with Gasteiger partial charge < -0.3 is 18.4 Å². The van der Waals surface area contributed by atoms with Gasteiger partial charge in [0, 0.05) is 27.2 Å². The van der Waals surface area contributed by atoms with Crippen molar-refractivity contribution in [3.63, 3.8) is 0 Å². The van der Waals surface area contributed by atoms with Gasteiger partial charge in [0.15, 0.2) is 0 Å². The first-order valence-electron chi connectivity index (χ1n) is 8.12. The molecule has 0 aromatic carbocycles. The van der Waals surface area contributed by atoms with Crippen molar-refractivity contribution in [2.24, 2.45) is 5.92 Å². The molecule has 0 saturated carbocycles. The second-order valence-electron chi connectivity index (χ2n) is 5.44. The summed E-state index contributed by atoms with van der Waals surface area (Å²) in [6, 6.07) is 0. The van der Waals surface area contributed by atoms with Crippen molar-refractivity contribution < 1.29 is 18.4 Å². The van der Waals surface area contributed by atoms with E-state index in [0.29, 0.717) is 6.61 Å². The Morgan fingerprint density at radius 2 is 1.33 bits per heavy atom. The summed E-state index contributed by atoms with van der Waals surface area (Å²) >= 11 is 3.79. The molecule has 1 atom stereocenters. The van der Waals surface area contributed by atoms with Gasteiger partial charge in [-0.3, -0.25) is 0 Å². The molecule has 21 heavy (non-hydrogen) atoms. The fourth-order valence-corrected chi connectivity index (χ4v) is 2.94. The van der Waals surface area contributed by atoms with Gasteiger partial charge in [0.05, 0.1) is 6.61 Å². The Hall–Kier alpha value is 0.190. The van der Waals surface area contributed by atoms with E-state index in [1.165, 1.54) is 38.5 Å². The maximum absolute atomic E-state index is 5.52. The predicted molar refractivity (Wildman–Crippen MR) is 89.4 cm³/mol. The standard InChI is InChI=1S/C16H34O4S/c1-5-6-7-8-9-10-12-15(13-11-14-20-21)16(17-2,18-3)19-4/h15,21H,5-14H2,1-4H3. The van der Waals surface area contributed by atoms with Crippen LogP contribution in [0.3, 0.4) is 0 Å². The Bertz CT molecular complexity index is 214. The van der Waals surface area contributed by atoms with Crippen LogP contribution in [0.4, 0.5) is 0 Å². The molecule has 0 amide bonds. The van der Waals surface area contributed by atoms with Crippen molar-refractivity contribution >= 4 is 12.9 Å². The zero-order valence-electron chi connectivity index (χ0n) is 14.2. The lowest BCUT2D eigenvalue weighted by Crippen LogP contribution is -2.44. The average molecular weight is 323 g/mol. The highest BCUT2D eigenvalue weighted by molar-refractivity contribution is 7.75. The van der Waals surface area contributed by atoms with E-state index in [0.717, 1.165) is 19.3 Å². The Kier molecular flexibility index (Phi) is 14.0. The summed E-state index contributed by atoms with van der Waals surface area (Å²) in [6.07, 6.45) is 10.6. The molecule has 0 aliphatic heterocycles. The van der Waals surface area contributed by atoms with Crippen LogP contribution in [-0.4, -0.2) is 33.9 Å². The number of methoxy groups -OCH3 is 3. The first-order valence-corrected chi connectivity index (χ1v) is 8.49. The van der Waals surface area contributed by atoms with Crippen LogP contribution in [0.25, 0.3) is 0 Å². The number of thiol groups is 1. The van der Waals surface area contributed by atoms with Gasteiger partial charge in [-0.2, -0.15) is 0 Å². The number of ether oxygens (including phenoxy) is 3. The molecule has 1 unspecified atom stereocenters. The quantitative estimate of drug-likeness (QED) is 0.207. The van der Waals surface area contributed by atoms with Crippen LogP contribution in [0.2, 0.25) is 0 Å². The van der Waals surface area contributed by atoms with Gasteiger partial charge in [-0.25, -0.2) is 0 Å². The molecule has 0 fully saturated rings. The minimum atomic E-state index is -0.944. The Balaban J connectivity index is 4.30. The SMILES string of the molecule is CCCCCCCCC(CCCOS)C(OC)(OC)OC. The highest BCUT2D eigenvalue weighted by atomic mass is 32.1. The number of rotatable bonds is 15. The van der Waals surface area contributed by atoms with Crippen LogP contribution in [0, 0.1) is 5.92 Å². The van der Waals surface area contributed by atoms with Crippen LogP contribution in [-0.2, 0) is 18.4 Å². The van der Waals surface area contributed by atoms with Crippen molar-refractivity contribution in [2.45, 2.75) is 70.7 Å². The Morgan fingerprint density at radius 1 is 0.810 bits per heavy atom. The smallest absolute Gasteiger partial charge is 0.285 e. The van der Waals surface area contributed by atoms with Crippen molar-refractivity contribution in [1.82, 2.24) is 0 Å². The molecule has 0 aromatic rings. The van der Waals surface area contributed by atoms with Gasteiger partial charge in [0.1, 0.15) is 0 Å². The third-order valence-corrected chi connectivity index (χ3v) is 4.23. The molecule has 0 saturated heterocycles. The van der Waals surface area contributed by atoms with Gasteiger partial charge in [-0.15, -0.1) is 0 Å². The maximum Gasteiger partial charge on any atom is 0.285 e. The van der Waals surface area contributed by atoms with E-state index in [9.17, 15) is 0 Å². The molecule has 0 N–H and O–H groups in total. The molecular weight excluding hydrogens is 288 g/mol. The van der Waals surface area contributed by atoms with E-state index in [1.54, 1.807) is 21.3 Å². The predicted octanol–water partition coefficient (Wildman–Crippen LogP) is 4.59. The fraction of sp³-hybridized carbons (Fsp3) is 1.00. The van der Waals surface area contributed by atoms with Gasteiger partial charge >= 0.3 is 0 Å². The summed E-state index contributed by atoms with van der Waals surface area (Å²) in [5.41, 5.74) is 0. The number of unbranched alkanes of at least 4 members (excludes halogenated alkanes) is 5. The lowest BCUT2D eigenvalue weighted by Gasteiger charge is -2.36. The van der Waals surface area contributed by atoms with Crippen LogP contribution in [0.15, 0.2) is 0 Å². The second kappa shape index (κ2) is 13.8. The Labute approximate surface area is 136 Å². The summed E-state index contributed by atoms with van der Waals surface area (Å²) in [4.78, 5) is 0. The summed E-state index contributed by atoms with van der Waals surface area (Å²) in [7, 11) is 4.91. The first kappa shape index (κ1) is 21.2. The first-order chi connectivity index (χ1) is 10.2. The third kappa shape index (κ3) is 8.41. The summed E-state index contributed by atoms with van der Waals surface area (Å²) in [5.74, 6) is -0.743. The lowest BCUT2D eigenvalue weighted by atomic mass is 9.93. The van der Waals surface area contributed by atoms with E-state index in [2.05, 4.69) is 19.8 Å². The average Bonchev–Trinajstić information content (AvgIpc) is 2.52. The monoisotopic (exact) mass is 322 g/mol. The molecule has 0 bridgehead atoms. The summed E-state index contributed by atoms with van der Waals surface area (Å²) in [6.45, 7) is 2.87. The van der Waals surface area contributed by atoms with E-state index >= 15 is 0 Å². The van der Waals surface area contributed by atoms with Crippen LogP contribution in [0.5, 0.6) is 0 Å². The highest BCUT2D eigenvalue weighted by Crippen LogP contribution is 2.32. The number of hydrogen-bond acceptors (Lipinski definition) is 5. The third-order valence-electron chi connectivity index (χ3n) is 4.05. The molecule has 0 spiro atoms. The van der Waals surface area contributed by atoms with E-state index < -0.39 is 5.97 Å². The summed E-state index contributed by atoms with van der Waals surface area (Å²) in [5, 5.41) is 0. The number of hydrogen-bond donors (Lipinski definition) is 1. The molecule has 128 valence electrons. The highest BCUT2D eigenvalue weighted by Gasteiger charge is 2.39. The molecule has 0 aliphatic rings. The van der Waals surface area contributed by atoms with Crippen molar-refractivity contribution in [2.75, 3.05) is 27.9 Å². The molecule has 0 aliphatic carbocycles. The largest absolute Gasteiger partial charge is 0.331 e. The second-order valence-corrected chi connectivity index (χ2v) is 5.70. The molecule has 0 heterocycles. The molecular formula is C16H34O4S. The van der Waals surface area contributed by atoms with Crippen LogP contribution >= 0.6 is 12.9 Å². The van der Waals surface area contributed by atoms with Crippen molar-refractivity contribution in [3.05, 3.63) is 0 Å². The summed E-state index contributed by atoms with van der Waals surface area (Å²) < 4.78 is 21.4. The lowest BCUT2D eigenvalue weighted by molar-refractivity contribution is -0.380.